The SMILES string of the molecule is COc1cc(C(c2ccccc2Br)N2CCCNCC2)ccc1OCc1ccccc1. The minimum atomic E-state index is 0.146. The molecule has 1 N–H and O–H groups in total. The number of nitrogens with one attached hydrogen (secondary N) is 1. The van der Waals surface area contributed by atoms with Crippen molar-refractivity contribution in [1.82, 2.24) is 10.2 Å². The fourth-order valence-electron chi connectivity index (χ4n) is 4.12. The Morgan fingerprint density at radius 3 is 2.55 bits per heavy atom. The van der Waals surface area contributed by atoms with E-state index >= 15 is 0 Å². The van der Waals surface area contributed by atoms with Crippen LogP contribution in [-0.4, -0.2) is 38.2 Å². The van der Waals surface area contributed by atoms with Crippen LogP contribution in [0.5, 0.6) is 11.5 Å². The predicted molar refractivity (Wildman–Crippen MR) is 129 cm³/mol. The monoisotopic (exact) mass is 480 g/mol. The molecule has 0 amide bonds. The summed E-state index contributed by atoms with van der Waals surface area (Å²) in [5, 5.41) is 3.52. The van der Waals surface area contributed by atoms with Gasteiger partial charge < -0.3 is 14.8 Å². The summed E-state index contributed by atoms with van der Waals surface area (Å²) in [6.45, 7) is 4.63. The number of rotatable bonds is 7. The second kappa shape index (κ2) is 10.8. The molecular formula is C26H29BrN2O2. The largest absolute Gasteiger partial charge is 0.493 e. The molecule has 0 spiro atoms. The average molecular weight is 481 g/mol. The fraction of sp³-hybridized carbons (Fsp3) is 0.308. The summed E-state index contributed by atoms with van der Waals surface area (Å²) in [6, 6.07) is 25.2. The highest BCUT2D eigenvalue weighted by atomic mass is 79.9. The Bertz CT molecular complexity index is 972. The van der Waals surface area contributed by atoms with E-state index in [4.69, 9.17) is 9.47 Å². The molecule has 5 heteroatoms. The Kier molecular flexibility index (Phi) is 7.62. The quantitative estimate of drug-likeness (QED) is 0.489. The topological polar surface area (TPSA) is 33.7 Å². The van der Waals surface area contributed by atoms with Crippen molar-refractivity contribution >= 4 is 15.9 Å². The van der Waals surface area contributed by atoms with Crippen LogP contribution >= 0.6 is 15.9 Å². The van der Waals surface area contributed by atoms with E-state index in [1.165, 1.54) is 11.1 Å². The molecule has 4 nitrogen and oxygen atoms in total. The third-order valence-electron chi connectivity index (χ3n) is 5.68. The highest BCUT2D eigenvalue weighted by molar-refractivity contribution is 9.10. The van der Waals surface area contributed by atoms with E-state index in [2.05, 4.69) is 74.7 Å². The molecule has 1 heterocycles. The second-order valence-corrected chi connectivity index (χ2v) is 8.60. The minimum absolute atomic E-state index is 0.146. The molecule has 162 valence electrons. The average Bonchev–Trinajstić information content (AvgIpc) is 3.09. The number of ether oxygens (including phenoxy) is 2. The van der Waals surface area contributed by atoms with Crippen LogP contribution in [-0.2, 0) is 6.61 Å². The van der Waals surface area contributed by atoms with Crippen LogP contribution in [0.25, 0.3) is 0 Å². The van der Waals surface area contributed by atoms with E-state index in [1.54, 1.807) is 7.11 Å². The molecule has 0 bridgehead atoms. The molecule has 31 heavy (non-hydrogen) atoms. The molecule has 1 aliphatic heterocycles. The Morgan fingerprint density at radius 2 is 1.74 bits per heavy atom. The van der Waals surface area contributed by atoms with Crippen molar-refractivity contribution in [3.8, 4) is 11.5 Å². The second-order valence-electron chi connectivity index (χ2n) is 7.75. The summed E-state index contributed by atoms with van der Waals surface area (Å²) >= 11 is 3.78. The lowest BCUT2D eigenvalue weighted by Crippen LogP contribution is -2.33. The minimum Gasteiger partial charge on any atom is -0.493 e. The maximum absolute atomic E-state index is 6.09. The van der Waals surface area contributed by atoms with Gasteiger partial charge in [-0.3, -0.25) is 4.90 Å². The number of benzene rings is 3. The van der Waals surface area contributed by atoms with Crippen molar-refractivity contribution < 1.29 is 9.47 Å². The van der Waals surface area contributed by atoms with E-state index in [1.807, 2.05) is 24.3 Å². The predicted octanol–water partition coefficient (Wildman–Crippen LogP) is 5.42. The molecule has 4 rings (SSSR count). The highest BCUT2D eigenvalue weighted by Gasteiger charge is 2.26. The van der Waals surface area contributed by atoms with Gasteiger partial charge in [-0.1, -0.05) is 70.5 Å². The first-order chi connectivity index (χ1) is 15.3. The zero-order chi connectivity index (χ0) is 21.5. The molecule has 1 aliphatic rings. The van der Waals surface area contributed by atoms with E-state index in [0.29, 0.717) is 6.61 Å². The third-order valence-corrected chi connectivity index (χ3v) is 6.40. The van der Waals surface area contributed by atoms with Gasteiger partial charge in [0.1, 0.15) is 6.61 Å². The number of hydrogen-bond acceptors (Lipinski definition) is 4. The van der Waals surface area contributed by atoms with E-state index in [-0.39, 0.29) is 6.04 Å². The van der Waals surface area contributed by atoms with Crippen LogP contribution in [0, 0.1) is 0 Å². The van der Waals surface area contributed by atoms with Gasteiger partial charge in [-0.25, -0.2) is 0 Å². The maximum atomic E-state index is 6.09. The summed E-state index contributed by atoms with van der Waals surface area (Å²) in [5.41, 5.74) is 3.61. The van der Waals surface area contributed by atoms with Crippen molar-refractivity contribution in [1.29, 1.82) is 0 Å². The molecule has 0 aromatic heterocycles. The van der Waals surface area contributed by atoms with Crippen molar-refractivity contribution in [2.45, 2.75) is 19.1 Å². The molecule has 1 fully saturated rings. The standard InChI is InChI=1S/C26H29BrN2O2/c1-30-25-18-21(12-13-24(25)31-19-20-8-3-2-4-9-20)26(22-10-5-6-11-23(22)27)29-16-7-14-28-15-17-29/h2-6,8-13,18,26,28H,7,14-17,19H2,1H3. The third kappa shape index (κ3) is 5.48. The first kappa shape index (κ1) is 21.9. The summed E-state index contributed by atoms with van der Waals surface area (Å²) in [5.74, 6) is 1.52. The zero-order valence-corrected chi connectivity index (χ0v) is 19.5. The molecule has 0 aliphatic carbocycles. The van der Waals surface area contributed by atoms with Crippen molar-refractivity contribution in [3.63, 3.8) is 0 Å². The first-order valence-electron chi connectivity index (χ1n) is 10.8. The highest BCUT2D eigenvalue weighted by Crippen LogP contribution is 2.38. The molecule has 0 saturated carbocycles. The lowest BCUT2D eigenvalue weighted by Gasteiger charge is -2.32. The summed E-state index contributed by atoms with van der Waals surface area (Å²) in [6.07, 6.45) is 1.14. The summed E-state index contributed by atoms with van der Waals surface area (Å²) in [4.78, 5) is 2.55. The van der Waals surface area contributed by atoms with Gasteiger partial charge in [-0.15, -0.1) is 0 Å². The smallest absolute Gasteiger partial charge is 0.161 e. The fourth-order valence-corrected chi connectivity index (χ4v) is 4.62. The van der Waals surface area contributed by atoms with Gasteiger partial charge in [0.15, 0.2) is 11.5 Å². The Morgan fingerprint density at radius 1 is 0.935 bits per heavy atom. The van der Waals surface area contributed by atoms with Crippen LogP contribution in [0.2, 0.25) is 0 Å². The molecular weight excluding hydrogens is 452 g/mol. The molecule has 3 aromatic carbocycles. The lowest BCUT2D eigenvalue weighted by atomic mass is 9.96. The van der Waals surface area contributed by atoms with Crippen molar-refractivity contribution in [2.75, 3.05) is 33.3 Å². The van der Waals surface area contributed by atoms with Gasteiger partial charge in [-0.2, -0.15) is 0 Å². The van der Waals surface area contributed by atoms with Gasteiger partial charge >= 0.3 is 0 Å². The zero-order valence-electron chi connectivity index (χ0n) is 17.9. The van der Waals surface area contributed by atoms with Gasteiger partial charge in [-0.05, 0) is 47.9 Å². The van der Waals surface area contributed by atoms with Crippen LogP contribution in [0.3, 0.4) is 0 Å². The van der Waals surface area contributed by atoms with Crippen LogP contribution in [0.4, 0.5) is 0 Å². The lowest BCUT2D eigenvalue weighted by molar-refractivity contribution is 0.239. The van der Waals surface area contributed by atoms with Gasteiger partial charge in [0.25, 0.3) is 0 Å². The van der Waals surface area contributed by atoms with E-state index < -0.39 is 0 Å². The number of hydrogen-bond donors (Lipinski definition) is 1. The van der Waals surface area contributed by atoms with Gasteiger partial charge in [0.2, 0.25) is 0 Å². The Labute approximate surface area is 193 Å². The Hall–Kier alpha value is -2.34. The number of halogens is 1. The van der Waals surface area contributed by atoms with Crippen molar-refractivity contribution in [3.05, 3.63) is 94.0 Å². The van der Waals surface area contributed by atoms with Gasteiger partial charge in [0.05, 0.1) is 13.2 Å². The van der Waals surface area contributed by atoms with E-state index in [9.17, 15) is 0 Å². The molecule has 1 unspecified atom stereocenters. The summed E-state index contributed by atoms with van der Waals surface area (Å²) < 4.78 is 12.9. The first-order valence-corrected chi connectivity index (χ1v) is 11.6. The molecule has 1 saturated heterocycles. The number of nitrogens with zero attached hydrogens (tertiary/aromatic N) is 1. The van der Waals surface area contributed by atoms with E-state index in [0.717, 1.165) is 54.1 Å². The van der Waals surface area contributed by atoms with Crippen LogP contribution < -0.4 is 14.8 Å². The molecule has 3 aromatic rings. The molecule has 1 atom stereocenters. The molecule has 0 radical (unpaired) electrons. The Balaban J connectivity index is 1.65. The van der Waals surface area contributed by atoms with Gasteiger partial charge in [0, 0.05) is 24.1 Å². The number of methoxy groups -OCH3 is 1. The normalized spacial score (nSPS) is 15.8. The van der Waals surface area contributed by atoms with Crippen molar-refractivity contribution in [2.24, 2.45) is 0 Å². The van der Waals surface area contributed by atoms with Crippen LogP contribution in [0.15, 0.2) is 77.3 Å². The summed E-state index contributed by atoms with van der Waals surface area (Å²) in [7, 11) is 1.71. The van der Waals surface area contributed by atoms with Crippen LogP contribution in [0.1, 0.15) is 29.2 Å². The maximum Gasteiger partial charge on any atom is 0.161 e.